The molecular formula is C27H27ClF3N9O2. The second-order valence-corrected chi connectivity index (χ2v) is 10.1. The number of pyridine rings is 1. The normalized spacial score (nSPS) is 15.5. The number of hydrogen-bond acceptors (Lipinski definition) is 7. The highest BCUT2D eigenvalue weighted by Gasteiger charge is 2.39. The Hall–Kier alpha value is -4.43. The van der Waals surface area contributed by atoms with Gasteiger partial charge in [0.2, 0.25) is 0 Å². The van der Waals surface area contributed by atoms with Gasteiger partial charge in [0.15, 0.2) is 11.5 Å². The van der Waals surface area contributed by atoms with E-state index in [4.69, 9.17) is 17.3 Å². The number of carbonyl (C=O) groups excluding carboxylic acids is 2. The molecule has 0 aliphatic carbocycles. The van der Waals surface area contributed by atoms with E-state index in [0.717, 1.165) is 19.2 Å². The third kappa shape index (κ3) is 5.94. The van der Waals surface area contributed by atoms with Crippen molar-refractivity contribution in [3.8, 4) is 22.6 Å². The van der Waals surface area contributed by atoms with Crippen molar-refractivity contribution in [1.29, 1.82) is 0 Å². The molecule has 220 valence electrons. The molecule has 42 heavy (non-hydrogen) atoms. The van der Waals surface area contributed by atoms with Crippen LogP contribution in [0.1, 0.15) is 45.6 Å². The highest BCUT2D eigenvalue weighted by atomic mass is 35.5. The van der Waals surface area contributed by atoms with Crippen LogP contribution in [0, 0.1) is 0 Å². The molecule has 0 radical (unpaired) electrons. The molecule has 1 fully saturated rings. The third-order valence-corrected chi connectivity index (χ3v) is 7.25. The predicted molar refractivity (Wildman–Crippen MR) is 149 cm³/mol. The second-order valence-electron chi connectivity index (χ2n) is 9.70. The fourth-order valence-electron chi connectivity index (χ4n) is 4.77. The van der Waals surface area contributed by atoms with Crippen LogP contribution in [0.2, 0.25) is 5.02 Å². The Labute approximate surface area is 243 Å². The van der Waals surface area contributed by atoms with E-state index in [2.05, 4.69) is 35.8 Å². The summed E-state index contributed by atoms with van der Waals surface area (Å²) in [4.78, 5) is 38.5. The number of hydrogen-bond donors (Lipinski definition) is 5. The SMILES string of the molecule is CC[C@@H]1CNCCN1C(=O)c1ccc(CNC(=O)c2ncc(-c3c(C(F)(F)F)n[nH]c3-c3ccc(N)cn3)[nH]2)cc1Cl. The van der Waals surface area contributed by atoms with E-state index in [-0.39, 0.29) is 52.0 Å². The number of aromatic nitrogens is 5. The smallest absolute Gasteiger partial charge is 0.397 e. The van der Waals surface area contributed by atoms with Crippen molar-refractivity contribution < 1.29 is 22.8 Å². The number of nitrogens with two attached hydrogens (primary N) is 1. The molecule has 5 rings (SSSR count). The molecule has 11 nitrogen and oxygen atoms in total. The number of nitrogens with one attached hydrogen (secondary N) is 4. The Morgan fingerprint density at radius 3 is 2.69 bits per heavy atom. The number of alkyl halides is 3. The number of anilines is 1. The molecule has 4 aromatic rings. The number of rotatable bonds is 7. The molecule has 1 atom stereocenters. The second kappa shape index (κ2) is 11.8. The Bertz CT molecular complexity index is 1600. The third-order valence-electron chi connectivity index (χ3n) is 6.94. The molecule has 6 N–H and O–H groups in total. The summed E-state index contributed by atoms with van der Waals surface area (Å²) in [6, 6.07) is 7.92. The molecule has 3 aromatic heterocycles. The van der Waals surface area contributed by atoms with Crippen LogP contribution in [0.3, 0.4) is 0 Å². The predicted octanol–water partition coefficient (Wildman–Crippen LogP) is 3.87. The fraction of sp³-hybridized carbons (Fsp3) is 0.296. The average Bonchev–Trinajstić information content (AvgIpc) is 3.64. The van der Waals surface area contributed by atoms with Crippen molar-refractivity contribution in [1.82, 2.24) is 40.7 Å². The van der Waals surface area contributed by atoms with Crippen molar-refractivity contribution in [2.24, 2.45) is 0 Å². The Balaban J connectivity index is 1.31. The molecule has 0 bridgehead atoms. The summed E-state index contributed by atoms with van der Waals surface area (Å²) in [6.45, 7) is 4.06. The maximum atomic E-state index is 13.8. The molecule has 1 aliphatic heterocycles. The molecule has 1 aliphatic rings. The van der Waals surface area contributed by atoms with Crippen molar-refractivity contribution >= 4 is 29.1 Å². The highest BCUT2D eigenvalue weighted by Crippen LogP contribution is 2.40. The number of piperazine rings is 1. The maximum absolute atomic E-state index is 13.8. The first kappa shape index (κ1) is 29.1. The first-order valence-corrected chi connectivity index (χ1v) is 13.5. The van der Waals surface area contributed by atoms with Gasteiger partial charge in [0.25, 0.3) is 11.8 Å². The van der Waals surface area contributed by atoms with Gasteiger partial charge in [-0.25, -0.2) is 4.98 Å². The van der Waals surface area contributed by atoms with Gasteiger partial charge in [-0.15, -0.1) is 0 Å². The van der Waals surface area contributed by atoms with Crippen LogP contribution in [-0.2, 0) is 12.7 Å². The van der Waals surface area contributed by atoms with Gasteiger partial charge in [0, 0.05) is 32.2 Å². The monoisotopic (exact) mass is 601 g/mol. The number of carbonyl (C=O) groups is 2. The summed E-state index contributed by atoms with van der Waals surface area (Å²) in [5, 5.41) is 12.0. The number of nitrogens with zero attached hydrogens (tertiary/aromatic N) is 4. The lowest BCUT2D eigenvalue weighted by Gasteiger charge is -2.36. The average molecular weight is 602 g/mol. The van der Waals surface area contributed by atoms with Gasteiger partial charge >= 0.3 is 6.18 Å². The first-order valence-electron chi connectivity index (χ1n) is 13.1. The standard InChI is InChI=1S/C27H27ClF3N9O2/c1-2-16-12-33-7-8-40(16)26(42)17-5-3-14(9-18(17)28)10-36-25(41)24-35-13-20(37-24)21-22(19-6-4-15(32)11-34-19)38-39-23(21)27(29,30)31/h3-6,9,11,13,16,33H,2,7-8,10,12,32H2,1H3,(H,35,37)(H,36,41)(H,38,39)/t16-/m1/s1. The Kier molecular flexibility index (Phi) is 8.18. The van der Waals surface area contributed by atoms with Crippen molar-refractivity contribution in [2.75, 3.05) is 25.4 Å². The van der Waals surface area contributed by atoms with Crippen molar-refractivity contribution in [3.63, 3.8) is 0 Å². The molecule has 0 saturated carbocycles. The first-order chi connectivity index (χ1) is 20.1. The quantitative estimate of drug-likeness (QED) is 0.215. The van der Waals surface area contributed by atoms with E-state index in [1.54, 1.807) is 18.2 Å². The number of benzene rings is 1. The van der Waals surface area contributed by atoms with Crippen molar-refractivity contribution in [2.45, 2.75) is 32.1 Å². The molecular weight excluding hydrogens is 575 g/mol. The van der Waals surface area contributed by atoms with Gasteiger partial charge in [-0.1, -0.05) is 24.6 Å². The van der Waals surface area contributed by atoms with E-state index in [1.165, 1.54) is 18.3 Å². The van der Waals surface area contributed by atoms with Gasteiger partial charge < -0.3 is 26.3 Å². The number of aromatic amines is 2. The summed E-state index contributed by atoms with van der Waals surface area (Å²) >= 11 is 6.45. The van der Waals surface area contributed by atoms with Gasteiger partial charge in [-0.2, -0.15) is 18.3 Å². The zero-order valence-corrected chi connectivity index (χ0v) is 23.1. The summed E-state index contributed by atoms with van der Waals surface area (Å²) in [5.41, 5.74) is 5.51. The van der Waals surface area contributed by atoms with Crippen LogP contribution in [0.15, 0.2) is 42.7 Å². The number of imidazole rings is 1. The minimum Gasteiger partial charge on any atom is -0.397 e. The van der Waals surface area contributed by atoms with Gasteiger partial charge in [-0.05, 0) is 36.2 Å². The van der Waals surface area contributed by atoms with Gasteiger partial charge in [0.05, 0.1) is 51.3 Å². The summed E-state index contributed by atoms with van der Waals surface area (Å²) in [6.07, 6.45) is -1.55. The highest BCUT2D eigenvalue weighted by molar-refractivity contribution is 6.33. The Morgan fingerprint density at radius 2 is 2.00 bits per heavy atom. The van der Waals surface area contributed by atoms with Crippen LogP contribution in [0.5, 0.6) is 0 Å². The molecule has 4 heterocycles. The summed E-state index contributed by atoms with van der Waals surface area (Å²) in [7, 11) is 0. The zero-order valence-electron chi connectivity index (χ0n) is 22.3. The van der Waals surface area contributed by atoms with E-state index in [9.17, 15) is 22.8 Å². The number of H-pyrrole nitrogens is 2. The molecule has 15 heteroatoms. The van der Waals surface area contributed by atoms with E-state index < -0.39 is 17.8 Å². The number of halogens is 4. The largest absolute Gasteiger partial charge is 0.435 e. The van der Waals surface area contributed by atoms with E-state index in [0.29, 0.717) is 29.9 Å². The summed E-state index contributed by atoms with van der Waals surface area (Å²) < 4.78 is 41.3. The fourth-order valence-corrected chi connectivity index (χ4v) is 5.05. The minimum absolute atomic E-state index is 0.0201. The molecule has 1 saturated heterocycles. The lowest BCUT2D eigenvalue weighted by Crippen LogP contribution is -2.53. The van der Waals surface area contributed by atoms with Gasteiger partial charge in [-0.3, -0.25) is 19.7 Å². The van der Waals surface area contributed by atoms with Crippen LogP contribution >= 0.6 is 11.6 Å². The van der Waals surface area contributed by atoms with E-state index >= 15 is 0 Å². The maximum Gasteiger partial charge on any atom is 0.435 e. The van der Waals surface area contributed by atoms with Crippen LogP contribution in [0.4, 0.5) is 18.9 Å². The van der Waals surface area contributed by atoms with E-state index in [1.807, 2.05) is 11.8 Å². The lowest BCUT2D eigenvalue weighted by atomic mass is 10.1. The van der Waals surface area contributed by atoms with Gasteiger partial charge in [0.1, 0.15) is 0 Å². The molecule has 1 aromatic carbocycles. The molecule has 0 unspecified atom stereocenters. The van der Waals surface area contributed by atoms with Crippen LogP contribution in [-0.4, -0.2) is 67.5 Å². The molecule has 2 amide bonds. The zero-order chi connectivity index (χ0) is 30.0. The Morgan fingerprint density at radius 1 is 1.19 bits per heavy atom. The lowest BCUT2D eigenvalue weighted by molar-refractivity contribution is -0.140. The van der Waals surface area contributed by atoms with Crippen LogP contribution in [0.25, 0.3) is 22.6 Å². The molecule has 0 spiro atoms. The van der Waals surface area contributed by atoms with Crippen LogP contribution < -0.4 is 16.4 Å². The minimum atomic E-state index is -4.79. The number of nitrogen functional groups attached to an aromatic ring is 1. The summed E-state index contributed by atoms with van der Waals surface area (Å²) in [5.74, 6) is -1.02. The number of amides is 2. The topological polar surface area (TPSA) is 158 Å². The van der Waals surface area contributed by atoms with Crippen molar-refractivity contribution in [3.05, 3.63) is 70.4 Å².